The minimum absolute atomic E-state index is 0.186. The van der Waals surface area contributed by atoms with Crippen LogP contribution in [0.5, 0.6) is 0 Å². The molecule has 0 aliphatic carbocycles. The number of carbonyl (C=O) groups is 1. The molecule has 1 aromatic heterocycles. The van der Waals surface area contributed by atoms with Gasteiger partial charge in [0, 0.05) is 0 Å². The van der Waals surface area contributed by atoms with E-state index in [-0.39, 0.29) is 5.97 Å². The summed E-state index contributed by atoms with van der Waals surface area (Å²) >= 11 is 0. The zero-order chi connectivity index (χ0) is 8.43. The van der Waals surface area contributed by atoms with Gasteiger partial charge in [0.25, 0.3) is 0 Å². The molecule has 2 nitrogen and oxygen atoms in total. The highest BCUT2D eigenvalue weighted by Crippen LogP contribution is 2.25. The third-order valence-corrected chi connectivity index (χ3v) is 3.23. The van der Waals surface area contributed by atoms with Crippen molar-refractivity contribution in [1.82, 2.24) is 0 Å². The summed E-state index contributed by atoms with van der Waals surface area (Å²) < 4.78 is 4.63. The molecule has 0 fully saturated rings. The first-order valence-corrected chi connectivity index (χ1v) is 4.47. The van der Waals surface area contributed by atoms with E-state index in [0.717, 1.165) is 10.9 Å². The lowest BCUT2D eigenvalue weighted by atomic mass is 10.2. The minimum atomic E-state index is -0.186. The summed E-state index contributed by atoms with van der Waals surface area (Å²) in [6, 6.07) is 0. The van der Waals surface area contributed by atoms with E-state index in [1.165, 1.54) is 12.7 Å². The van der Waals surface area contributed by atoms with E-state index in [9.17, 15) is 4.79 Å². The predicted molar refractivity (Wildman–Crippen MR) is 46.8 cm³/mol. The van der Waals surface area contributed by atoms with Crippen molar-refractivity contribution in [2.45, 2.75) is 13.8 Å². The standard InChI is InChI=1S/C8H11O2P/c1-5-4-11-7(6(5)2)8(9)10-3/h4,11H,1-3H3. The van der Waals surface area contributed by atoms with Gasteiger partial charge in [-0.05, 0) is 30.8 Å². The quantitative estimate of drug-likeness (QED) is 0.603. The van der Waals surface area contributed by atoms with Crippen LogP contribution < -0.4 is 0 Å². The molecule has 0 aliphatic heterocycles. The molecular formula is C8H11O2P. The molecule has 0 aliphatic rings. The average Bonchev–Trinajstić information content (AvgIpc) is 2.32. The van der Waals surface area contributed by atoms with Gasteiger partial charge in [0.05, 0.1) is 12.4 Å². The van der Waals surface area contributed by atoms with E-state index in [2.05, 4.69) is 10.5 Å². The third-order valence-electron chi connectivity index (χ3n) is 1.79. The molecule has 1 heterocycles. The normalized spacial score (nSPS) is 10.5. The fourth-order valence-corrected chi connectivity index (χ4v) is 2.12. The van der Waals surface area contributed by atoms with Gasteiger partial charge in [-0.1, -0.05) is 0 Å². The highest BCUT2D eigenvalue weighted by molar-refractivity contribution is 7.32. The molecule has 3 heteroatoms. The van der Waals surface area contributed by atoms with Gasteiger partial charge in [-0.25, -0.2) is 4.79 Å². The van der Waals surface area contributed by atoms with Gasteiger partial charge in [0.15, 0.2) is 0 Å². The number of esters is 1. The summed E-state index contributed by atoms with van der Waals surface area (Å²) in [7, 11) is 1.91. The van der Waals surface area contributed by atoms with Crippen LogP contribution in [-0.4, -0.2) is 13.1 Å². The van der Waals surface area contributed by atoms with E-state index >= 15 is 0 Å². The molecule has 1 rings (SSSR count). The molecule has 0 amide bonds. The Morgan fingerprint density at radius 3 is 2.55 bits per heavy atom. The van der Waals surface area contributed by atoms with E-state index in [4.69, 9.17) is 0 Å². The molecule has 0 spiro atoms. The van der Waals surface area contributed by atoms with Crippen molar-refractivity contribution in [2.24, 2.45) is 0 Å². The Labute approximate surface area is 67.7 Å². The lowest BCUT2D eigenvalue weighted by molar-refractivity contribution is 0.0605. The van der Waals surface area contributed by atoms with Gasteiger partial charge in [-0.15, -0.1) is 8.19 Å². The Morgan fingerprint density at radius 2 is 2.18 bits per heavy atom. The molecule has 1 aromatic rings. The van der Waals surface area contributed by atoms with E-state index in [0.29, 0.717) is 8.19 Å². The van der Waals surface area contributed by atoms with Crippen LogP contribution in [0.15, 0.2) is 5.80 Å². The van der Waals surface area contributed by atoms with Crippen LogP contribution in [-0.2, 0) is 4.74 Å². The van der Waals surface area contributed by atoms with Crippen molar-refractivity contribution in [1.29, 1.82) is 0 Å². The molecule has 0 saturated heterocycles. The molecular weight excluding hydrogens is 159 g/mol. The molecule has 0 N–H and O–H groups in total. The smallest absolute Gasteiger partial charge is 0.341 e. The molecule has 60 valence electrons. The summed E-state index contributed by atoms with van der Waals surface area (Å²) in [4.78, 5) is 11.1. The maximum absolute atomic E-state index is 11.1. The van der Waals surface area contributed by atoms with Gasteiger partial charge in [0.1, 0.15) is 0 Å². The predicted octanol–water partition coefficient (Wildman–Crippen LogP) is 2.12. The number of ether oxygens (including phenoxy) is 1. The lowest BCUT2D eigenvalue weighted by Crippen LogP contribution is -1.99. The average molecular weight is 170 g/mol. The molecule has 1 atom stereocenters. The Hall–Kier alpha value is -0.750. The van der Waals surface area contributed by atoms with Crippen LogP contribution in [0.3, 0.4) is 0 Å². The summed E-state index contributed by atoms with van der Waals surface area (Å²) in [5, 5.41) is 0.824. The van der Waals surface area contributed by atoms with Crippen LogP contribution in [0.2, 0.25) is 0 Å². The molecule has 0 saturated carbocycles. The summed E-state index contributed by atoms with van der Waals surface area (Å²) in [6.45, 7) is 3.97. The van der Waals surface area contributed by atoms with Gasteiger partial charge < -0.3 is 4.74 Å². The number of methoxy groups -OCH3 is 1. The zero-order valence-electron chi connectivity index (χ0n) is 6.89. The SMILES string of the molecule is COC(=O)c1[pH]cc(C)c1C. The topological polar surface area (TPSA) is 26.3 Å². The van der Waals surface area contributed by atoms with E-state index in [1.807, 2.05) is 13.8 Å². The molecule has 0 aromatic carbocycles. The first-order chi connectivity index (χ1) is 5.16. The molecule has 11 heavy (non-hydrogen) atoms. The van der Waals surface area contributed by atoms with Crippen LogP contribution in [0.4, 0.5) is 0 Å². The van der Waals surface area contributed by atoms with Crippen molar-refractivity contribution in [3.05, 3.63) is 22.2 Å². The van der Waals surface area contributed by atoms with Crippen molar-refractivity contribution < 1.29 is 9.53 Å². The Kier molecular flexibility index (Phi) is 2.35. The van der Waals surface area contributed by atoms with Crippen molar-refractivity contribution in [3.63, 3.8) is 0 Å². The van der Waals surface area contributed by atoms with Crippen LogP contribution in [0.25, 0.3) is 0 Å². The molecule has 0 bridgehead atoms. The Balaban J connectivity index is 3.04. The summed E-state index contributed by atoms with van der Waals surface area (Å²) in [6.07, 6.45) is 0. The van der Waals surface area contributed by atoms with Crippen LogP contribution in [0, 0.1) is 13.8 Å². The number of hydrogen-bond donors (Lipinski definition) is 0. The van der Waals surface area contributed by atoms with Crippen LogP contribution in [0.1, 0.15) is 21.2 Å². The van der Waals surface area contributed by atoms with Crippen molar-refractivity contribution >= 4 is 14.2 Å². The van der Waals surface area contributed by atoms with E-state index < -0.39 is 0 Å². The van der Waals surface area contributed by atoms with Gasteiger partial charge in [-0.2, -0.15) is 0 Å². The monoisotopic (exact) mass is 170 g/mol. The van der Waals surface area contributed by atoms with Gasteiger partial charge >= 0.3 is 5.97 Å². The van der Waals surface area contributed by atoms with Gasteiger partial charge in [0.2, 0.25) is 0 Å². The maximum atomic E-state index is 11.1. The fourth-order valence-electron chi connectivity index (χ4n) is 0.908. The second-order valence-electron chi connectivity index (χ2n) is 2.46. The molecule has 0 radical (unpaired) electrons. The summed E-state index contributed by atoms with van der Waals surface area (Å²) in [5.74, 6) is 1.88. The maximum Gasteiger partial charge on any atom is 0.341 e. The third kappa shape index (κ3) is 1.46. The van der Waals surface area contributed by atoms with Gasteiger partial charge in [-0.3, -0.25) is 0 Å². The largest absolute Gasteiger partial charge is 0.465 e. The van der Waals surface area contributed by atoms with Crippen LogP contribution >= 0.6 is 8.19 Å². The Morgan fingerprint density at radius 1 is 1.55 bits per heavy atom. The zero-order valence-corrected chi connectivity index (χ0v) is 7.89. The highest BCUT2D eigenvalue weighted by Gasteiger charge is 2.10. The number of hydrogen-bond acceptors (Lipinski definition) is 2. The number of carbonyl (C=O) groups excluding carboxylic acids is 1. The van der Waals surface area contributed by atoms with Crippen molar-refractivity contribution in [2.75, 3.05) is 7.11 Å². The second kappa shape index (κ2) is 3.10. The lowest BCUT2D eigenvalue weighted by Gasteiger charge is -1.96. The highest BCUT2D eigenvalue weighted by atomic mass is 31.0. The summed E-state index contributed by atoms with van der Waals surface area (Å²) in [5.41, 5.74) is 2.28. The number of rotatable bonds is 1. The molecule has 1 unspecified atom stereocenters. The second-order valence-corrected chi connectivity index (χ2v) is 3.54. The first kappa shape index (κ1) is 8.35. The number of aryl methyl sites for hydroxylation is 1. The Bertz CT molecular complexity index is 276. The minimum Gasteiger partial charge on any atom is -0.465 e. The first-order valence-electron chi connectivity index (χ1n) is 3.39. The van der Waals surface area contributed by atoms with E-state index in [1.54, 1.807) is 0 Å². The fraction of sp³-hybridized carbons (Fsp3) is 0.375. The van der Waals surface area contributed by atoms with Crippen molar-refractivity contribution in [3.8, 4) is 0 Å².